The number of aromatic nitrogens is 3. The highest BCUT2D eigenvalue weighted by Crippen LogP contribution is 2.20. The van der Waals surface area contributed by atoms with Crippen molar-refractivity contribution in [1.82, 2.24) is 19.7 Å². The Morgan fingerprint density at radius 2 is 1.96 bits per heavy atom. The van der Waals surface area contributed by atoms with Gasteiger partial charge in [0, 0.05) is 24.2 Å². The Morgan fingerprint density at radius 1 is 1.29 bits per heavy atom. The summed E-state index contributed by atoms with van der Waals surface area (Å²) >= 11 is 5.94. The van der Waals surface area contributed by atoms with Crippen molar-refractivity contribution in [2.24, 2.45) is 0 Å². The number of ether oxygens (including phenoxy) is 1. The fourth-order valence-corrected chi connectivity index (χ4v) is 2.40. The monoisotopic (exact) mass is 352 g/mol. The summed E-state index contributed by atoms with van der Waals surface area (Å²) in [7, 11) is 3.69. The second-order valence-corrected chi connectivity index (χ2v) is 7.00. The van der Waals surface area contributed by atoms with Crippen LogP contribution in [0.15, 0.2) is 24.3 Å². The van der Waals surface area contributed by atoms with Crippen molar-refractivity contribution in [1.29, 1.82) is 0 Å². The van der Waals surface area contributed by atoms with Gasteiger partial charge in [0.2, 0.25) is 0 Å². The summed E-state index contributed by atoms with van der Waals surface area (Å²) < 4.78 is 6.88. The third-order valence-corrected chi connectivity index (χ3v) is 3.73. The van der Waals surface area contributed by atoms with Gasteiger partial charge in [-0.3, -0.25) is 4.90 Å². The summed E-state index contributed by atoms with van der Waals surface area (Å²) in [4.78, 5) is 6.77. The zero-order chi connectivity index (χ0) is 17.7. The minimum atomic E-state index is -0.870. The first-order chi connectivity index (χ1) is 11.3. The van der Waals surface area contributed by atoms with Crippen molar-refractivity contribution in [3.8, 4) is 11.4 Å². The molecule has 0 fully saturated rings. The van der Waals surface area contributed by atoms with Gasteiger partial charge in [0.25, 0.3) is 0 Å². The number of hydrogen-bond acceptors (Lipinski definition) is 5. The van der Waals surface area contributed by atoms with Gasteiger partial charge < -0.3 is 9.84 Å². The number of benzene rings is 1. The van der Waals surface area contributed by atoms with Crippen molar-refractivity contribution >= 4 is 11.6 Å². The minimum Gasteiger partial charge on any atom is -0.389 e. The van der Waals surface area contributed by atoms with Gasteiger partial charge in [-0.25, -0.2) is 9.67 Å². The number of methoxy groups -OCH3 is 1. The highest BCUT2D eigenvalue weighted by atomic mass is 35.5. The van der Waals surface area contributed by atoms with Crippen LogP contribution in [0.5, 0.6) is 0 Å². The van der Waals surface area contributed by atoms with Crippen LogP contribution in [0.2, 0.25) is 5.02 Å². The predicted octanol–water partition coefficient (Wildman–Crippen LogP) is 2.45. The Hall–Kier alpha value is -1.47. The van der Waals surface area contributed by atoms with E-state index in [-0.39, 0.29) is 0 Å². The average Bonchev–Trinajstić information content (AvgIpc) is 2.86. The first kappa shape index (κ1) is 18.9. The van der Waals surface area contributed by atoms with Gasteiger partial charge in [0.15, 0.2) is 5.82 Å². The van der Waals surface area contributed by atoms with Crippen LogP contribution in [0.3, 0.4) is 0 Å². The molecule has 6 nitrogen and oxygen atoms in total. The average molecular weight is 353 g/mol. The van der Waals surface area contributed by atoms with Crippen molar-refractivity contribution in [3.05, 3.63) is 35.1 Å². The molecule has 0 saturated carbocycles. The molecule has 2 aromatic rings. The molecule has 0 radical (unpaired) electrons. The van der Waals surface area contributed by atoms with E-state index in [0.29, 0.717) is 30.5 Å². The largest absolute Gasteiger partial charge is 0.389 e. The predicted molar refractivity (Wildman–Crippen MR) is 95.0 cm³/mol. The second kappa shape index (κ2) is 8.07. The third-order valence-electron chi connectivity index (χ3n) is 3.48. The maximum atomic E-state index is 10.1. The van der Waals surface area contributed by atoms with Gasteiger partial charge in [-0.05, 0) is 45.2 Å². The van der Waals surface area contributed by atoms with Crippen LogP contribution in [0.25, 0.3) is 11.4 Å². The molecule has 1 N–H and O–H groups in total. The first-order valence-electron chi connectivity index (χ1n) is 7.88. The quantitative estimate of drug-likeness (QED) is 0.790. The summed E-state index contributed by atoms with van der Waals surface area (Å²) in [5.41, 5.74) is 0.0276. The fourth-order valence-electron chi connectivity index (χ4n) is 2.27. The molecule has 1 aromatic heterocycles. The van der Waals surface area contributed by atoms with Crippen LogP contribution in [-0.4, -0.2) is 57.7 Å². The van der Waals surface area contributed by atoms with Gasteiger partial charge in [-0.2, -0.15) is 5.10 Å². The second-order valence-electron chi connectivity index (χ2n) is 6.56. The van der Waals surface area contributed by atoms with Crippen molar-refractivity contribution in [2.45, 2.75) is 32.5 Å². The summed E-state index contributed by atoms with van der Waals surface area (Å²) in [6.45, 7) is 5.97. The Bertz CT molecular complexity index is 650. The number of nitrogens with zero attached hydrogens (tertiary/aromatic N) is 4. The van der Waals surface area contributed by atoms with Crippen molar-refractivity contribution in [2.75, 3.05) is 27.3 Å². The normalized spacial score (nSPS) is 12.1. The zero-order valence-electron chi connectivity index (χ0n) is 14.7. The van der Waals surface area contributed by atoms with Crippen LogP contribution in [0, 0.1) is 0 Å². The molecule has 0 saturated heterocycles. The molecule has 2 rings (SSSR count). The molecule has 0 aliphatic heterocycles. The molecule has 0 bridgehead atoms. The van der Waals surface area contributed by atoms with Crippen LogP contribution < -0.4 is 0 Å². The molecule has 1 aromatic carbocycles. The highest BCUT2D eigenvalue weighted by Gasteiger charge is 2.20. The van der Waals surface area contributed by atoms with E-state index in [1.807, 2.05) is 31.3 Å². The molecule has 0 aliphatic carbocycles. The third kappa shape index (κ3) is 5.56. The summed E-state index contributed by atoms with van der Waals surface area (Å²) in [5, 5.41) is 15.4. The van der Waals surface area contributed by atoms with Gasteiger partial charge in [-0.1, -0.05) is 11.6 Å². The molecule has 0 aliphatic rings. The highest BCUT2D eigenvalue weighted by molar-refractivity contribution is 6.30. The number of likely N-dealkylation sites (N-methyl/N-ethyl adjacent to an activating group) is 1. The standard InChI is InChI=1S/C17H25ClN4O2/c1-17(2,23)12-22-15(11-21(3)9-10-24-4)19-16(20-22)13-5-7-14(18)8-6-13/h5-8,23H,9-12H2,1-4H3. The minimum absolute atomic E-state index is 0.376. The van der Waals surface area contributed by atoms with E-state index in [9.17, 15) is 5.11 Å². The lowest BCUT2D eigenvalue weighted by Gasteiger charge is -2.20. The van der Waals surface area contributed by atoms with E-state index in [0.717, 1.165) is 17.9 Å². The maximum absolute atomic E-state index is 10.1. The van der Waals surface area contributed by atoms with E-state index in [4.69, 9.17) is 16.3 Å². The van der Waals surface area contributed by atoms with Crippen LogP contribution in [0.4, 0.5) is 0 Å². The molecule has 0 unspecified atom stereocenters. The Labute approximate surface area is 148 Å². The summed E-state index contributed by atoms with van der Waals surface area (Å²) in [6.07, 6.45) is 0. The molecule has 0 amide bonds. The lowest BCUT2D eigenvalue weighted by molar-refractivity contribution is 0.0556. The Morgan fingerprint density at radius 3 is 2.54 bits per heavy atom. The number of halogens is 1. The number of rotatable bonds is 8. The van der Waals surface area contributed by atoms with Gasteiger partial charge in [0.1, 0.15) is 5.82 Å². The number of aliphatic hydroxyl groups is 1. The molecule has 0 atom stereocenters. The van der Waals surface area contributed by atoms with E-state index >= 15 is 0 Å². The SMILES string of the molecule is COCCN(C)Cc1nc(-c2ccc(Cl)cc2)nn1CC(C)(C)O. The molecule has 0 spiro atoms. The molecular formula is C17H25ClN4O2. The van der Waals surface area contributed by atoms with Crippen molar-refractivity contribution < 1.29 is 9.84 Å². The van der Waals surface area contributed by atoms with E-state index < -0.39 is 5.60 Å². The van der Waals surface area contributed by atoms with Gasteiger partial charge in [0.05, 0.1) is 25.3 Å². The van der Waals surface area contributed by atoms with Crippen LogP contribution >= 0.6 is 11.6 Å². The molecule has 1 heterocycles. The Balaban J connectivity index is 2.27. The molecule has 7 heteroatoms. The van der Waals surface area contributed by atoms with E-state index in [1.54, 1.807) is 25.6 Å². The maximum Gasteiger partial charge on any atom is 0.181 e. The van der Waals surface area contributed by atoms with Crippen molar-refractivity contribution in [3.63, 3.8) is 0 Å². The molecule has 132 valence electrons. The Kier molecular flexibility index (Phi) is 6.34. The first-order valence-corrected chi connectivity index (χ1v) is 8.26. The lowest BCUT2D eigenvalue weighted by atomic mass is 10.1. The van der Waals surface area contributed by atoms with Crippen LogP contribution in [0.1, 0.15) is 19.7 Å². The number of hydrogen-bond donors (Lipinski definition) is 1. The van der Waals surface area contributed by atoms with Gasteiger partial charge in [-0.15, -0.1) is 0 Å². The summed E-state index contributed by atoms with van der Waals surface area (Å²) in [6, 6.07) is 7.42. The van der Waals surface area contributed by atoms with Gasteiger partial charge >= 0.3 is 0 Å². The molecule has 24 heavy (non-hydrogen) atoms. The zero-order valence-corrected chi connectivity index (χ0v) is 15.4. The topological polar surface area (TPSA) is 63.4 Å². The smallest absolute Gasteiger partial charge is 0.181 e. The van der Waals surface area contributed by atoms with E-state index in [2.05, 4.69) is 15.0 Å². The van der Waals surface area contributed by atoms with Crippen LogP contribution in [-0.2, 0) is 17.8 Å². The summed E-state index contributed by atoms with van der Waals surface area (Å²) in [5.74, 6) is 1.44. The lowest BCUT2D eigenvalue weighted by Crippen LogP contribution is -2.30. The fraction of sp³-hybridized carbons (Fsp3) is 0.529. The molecular weight excluding hydrogens is 328 g/mol. The van der Waals surface area contributed by atoms with E-state index in [1.165, 1.54) is 0 Å².